The van der Waals surface area contributed by atoms with E-state index in [4.69, 9.17) is 11.6 Å². The molecule has 1 saturated heterocycles. The number of hydrogen-bond acceptors (Lipinski definition) is 4. The Kier molecular flexibility index (Phi) is 7.03. The fourth-order valence-electron chi connectivity index (χ4n) is 4.69. The maximum atomic E-state index is 13.3. The second kappa shape index (κ2) is 10.4. The number of nitrogens with zero attached hydrogens (tertiary/aromatic N) is 4. The molecule has 2 aromatic heterocycles. The third-order valence-electron chi connectivity index (χ3n) is 7.19. The van der Waals surface area contributed by atoms with E-state index in [0.717, 1.165) is 55.5 Å². The second-order valence-corrected chi connectivity index (χ2v) is 10.8. The van der Waals surface area contributed by atoms with E-state index in [9.17, 15) is 9.59 Å². The van der Waals surface area contributed by atoms with Crippen LogP contribution in [0.2, 0.25) is 5.02 Å². The van der Waals surface area contributed by atoms with Gasteiger partial charge in [-0.3, -0.25) is 14.3 Å². The van der Waals surface area contributed by atoms with Crippen LogP contribution in [0.3, 0.4) is 0 Å². The van der Waals surface area contributed by atoms with Crippen molar-refractivity contribution in [3.63, 3.8) is 0 Å². The molecule has 2 fully saturated rings. The van der Waals surface area contributed by atoms with Gasteiger partial charge in [-0.2, -0.15) is 5.10 Å². The van der Waals surface area contributed by atoms with Crippen molar-refractivity contribution in [1.29, 1.82) is 0 Å². The van der Waals surface area contributed by atoms with E-state index in [-0.39, 0.29) is 17.2 Å². The molecule has 1 N–H and O–H groups in total. The van der Waals surface area contributed by atoms with Crippen molar-refractivity contribution < 1.29 is 9.59 Å². The summed E-state index contributed by atoms with van der Waals surface area (Å²) in [7, 11) is 0. The van der Waals surface area contributed by atoms with Gasteiger partial charge in [-0.1, -0.05) is 48.6 Å². The minimum absolute atomic E-state index is 0.0854. The quantitative estimate of drug-likeness (QED) is 0.488. The SMILES string of the molecule is Cc1cc(C#Cc2ccccc2)cnc1NC(=O)c1c(Cl)cnn1CC1(C)CCN(C(=O)C2CC2)CC1. The molecule has 37 heavy (non-hydrogen) atoms. The number of nitrogens with one attached hydrogen (secondary N) is 1. The molecule has 2 amide bonds. The van der Waals surface area contributed by atoms with Gasteiger partial charge in [-0.15, -0.1) is 0 Å². The molecule has 0 spiro atoms. The van der Waals surface area contributed by atoms with E-state index < -0.39 is 0 Å². The van der Waals surface area contributed by atoms with Gasteiger partial charge in [0.05, 0.1) is 11.2 Å². The average molecular weight is 516 g/mol. The van der Waals surface area contributed by atoms with Crippen LogP contribution in [0.25, 0.3) is 0 Å². The highest BCUT2D eigenvalue weighted by atomic mass is 35.5. The largest absolute Gasteiger partial charge is 0.342 e. The second-order valence-electron chi connectivity index (χ2n) is 10.4. The van der Waals surface area contributed by atoms with Crippen molar-refractivity contribution in [1.82, 2.24) is 19.7 Å². The van der Waals surface area contributed by atoms with Gasteiger partial charge in [-0.05, 0) is 61.8 Å². The lowest BCUT2D eigenvalue weighted by Crippen LogP contribution is -2.44. The number of likely N-dealkylation sites (tertiary alicyclic amines) is 1. The number of rotatable bonds is 5. The summed E-state index contributed by atoms with van der Waals surface area (Å²) in [5, 5.41) is 7.59. The van der Waals surface area contributed by atoms with E-state index >= 15 is 0 Å². The number of amides is 2. The smallest absolute Gasteiger partial charge is 0.276 e. The first-order chi connectivity index (χ1) is 17.8. The van der Waals surface area contributed by atoms with E-state index in [0.29, 0.717) is 29.0 Å². The fourth-order valence-corrected chi connectivity index (χ4v) is 4.92. The van der Waals surface area contributed by atoms with Gasteiger partial charge in [0.2, 0.25) is 5.91 Å². The Morgan fingerprint density at radius 1 is 1.11 bits per heavy atom. The van der Waals surface area contributed by atoms with Gasteiger partial charge in [0.25, 0.3) is 5.91 Å². The molecule has 0 unspecified atom stereocenters. The van der Waals surface area contributed by atoms with Crippen molar-refractivity contribution >= 4 is 29.2 Å². The number of benzene rings is 1. The summed E-state index contributed by atoms with van der Waals surface area (Å²) in [5.41, 5.74) is 2.72. The first-order valence-electron chi connectivity index (χ1n) is 12.7. The fraction of sp³-hybridized carbons (Fsp3) is 0.379. The number of hydrogen-bond donors (Lipinski definition) is 1. The Hall–Kier alpha value is -3.63. The number of aromatic nitrogens is 3. The van der Waals surface area contributed by atoms with Crippen LogP contribution in [0.5, 0.6) is 0 Å². The van der Waals surface area contributed by atoms with E-state index in [1.807, 2.05) is 48.2 Å². The van der Waals surface area contributed by atoms with Crippen molar-refractivity contribution in [3.05, 3.63) is 76.2 Å². The maximum Gasteiger partial charge on any atom is 0.276 e. The minimum Gasteiger partial charge on any atom is -0.342 e. The van der Waals surface area contributed by atoms with Crippen LogP contribution in [-0.4, -0.2) is 44.6 Å². The molecule has 5 rings (SSSR count). The Bertz CT molecular complexity index is 1380. The first kappa shape index (κ1) is 25.0. The average Bonchev–Trinajstić information content (AvgIpc) is 3.68. The van der Waals surface area contributed by atoms with Crippen molar-refractivity contribution in [3.8, 4) is 11.8 Å². The highest BCUT2D eigenvalue weighted by Crippen LogP contribution is 2.37. The monoisotopic (exact) mass is 515 g/mol. The molecule has 1 aliphatic carbocycles. The Morgan fingerprint density at radius 3 is 2.49 bits per heavy atom. The highest BCUT2D eigenvalue weighted by Gasteiger charge is 2.38. The van der Waals surface area contributed by atoms with Gasteiger partial charge >= 0.3 is 0 Å². The summed E-state index contributed by atoms with van der Waals surface area (Å²) in [6.45, 7) is 6.10. The van der Waals surface area contributed by atoms with Gasteiger partial charge < -0.3 is 10.2 Å². The van der Waals surface area contributed by atoms with Crippen molar-refractivity contribution in [2.45, 2.75) is 46.1 Å². The lowest BCUT2D eigenvalue weighted by Gasteiger charge is -2.39. The summed E-state index contributed by atoms with van der Waals surface area (Å²) in [5.74, 6) is 6.87. The maximum absolute atomic E-state index is 13.3. The van der Waals surface area contributed by atoms with Gasteiger partial charge in [0.1, 0.15) is 11.5 Å². The Morgan fingerprint density at radius 2 is 1.81 bits per heavy atom. The number of carbonyl (C=O) groups excluding carboxylic acids is 2. The zero-order valence-corrected chi connectivity index (χ0v) is 21.9. The van der Waals surface area contributed by atoms with Gasteiger partial charge in [-0.25, -0.2) is 4.98 Å². The van der Waals surface area contributed by atoms with Gasteiger partial charge in [0, 0.05) is 42.9 Å². The summed E-state index contributed by atoms with van der Waals surface area (Å²) in [6.07, 6.45) is 6.92. The molecule has 0 atom stereocenters. The number of piperidine rings is 1. The number of carbonyl (C=O) groups is 2. The zero-order valence-electron chi connectivity index (χ0n) is 21.1. The molecule has 3 heterocycles. The van der Waals surface area contributed by atoms with Crippen LogP contribution in [0.15, 0.2) is 48.8 Å². The molecule has 1 aliphatic heterocycles. The van der Waals surface area contributed by atoms with Crippen LogP contribution in [0, 0.1) is 30.1 Å². The minimum atomic E-state index is -0.355. The van der Waals surface area contributed by atoms with Crippen molar-refractivity contribution in [2.24, 2.45) is 11.3 Å². The van der Waals surface area contributed by atoms with E-state index in [1.165, 1.54) is 6.20 Å². The standard InChI is InChI=1S/C29H30ClN5O2/c1-20-16-22(9-8-21-6-4-3-5-7-21)17-31-26(20)33-27(36)25-24(30)18-32-35(25)19-29(2)12-14-34(15-13-29)28(37)23-10-11-23/h3-7,16-18,23H,10-15,19H2,1-2H3,(H,31,33,36). The zero-order chi connectivity index (χ0) is 26.0. The topological polar surface area (TPSA) is 80.1 Å². The molecule has 1 aromatic carbocycles. The number of pyridine rings is 1. The molecule has 1 saturated carbocycles. The van der Waals surface area contributed by atoms with Crippen LogP contribution < -0.4 is 5.32 Å². The molecule has 7 nitrogen and oxygen atoms in total. The lowest BCUT2D eigenvalue weighted by molar-refractivity contribution is -0.134. The van der Waals surface area contributed by atoms with Gasteiger partial charge in [0.15, 0.2) is 0 Å². The van der Waals surface area contributed by atoms with E-state index in [2.05, 4.69) is 34.2 Å². The molecular weight excluding hydrogens is 486 g/mol. The third-order valence-corrected chi connectivity index (χ3v) is 7.46. The molecule has 8 heteroatoms. The predicted octanol–water partition coefficient (Wildman–Crippen LogP) is 4.93. The Labute approximate surface area is 222 Å². The van der Waals surface area contributed by atoms with Crippen molar-refractivity contribution in [2.75, 3.05) is 18.4 Å². The van der Waals surface area contributed by atoms with Crippen LogP contribution >= 0.6 is 11.6 Å². The third kappa shape index (κ3) is 5.86. The lowest BCUT2D eigenvalue weighted by atomic mass is 9.80. The number of aryl methyl sites for hydroxylation is 1. The number of anilines is 1. The molecule has 3 aromatic rings. The summed E-state index contributed by atoms with van der Waals surface area (Å²) >= 11 is 6.40. The molecule has 190 valence electrons. The van der Waals surface area contributed by atoms with Crippen LogP contribution in [0.1, 0.15) is 59.8 Å². The predicted molar refractivity (Wildman–Crippen MR) is 143 cm³/mol. The summed E-state index contributed by atoms with van der Waals surface area (Å²) < 4.78 is 1.69. The Balaban J connectivity index is 1.25. The van der Waals surface area contributed by atoms with E-state index in [1.54, 1.807) is 10.9 Å². The number of halogens is 1. The molecule has 0 radical (unpaired) electrons. The summed E-state index contributed by atoms with van der Waals surface area (Å²) in [6, 6.07) is 11.6. The molecular formula is C29H30ClN5O2. The highest BCUT2D eigenvalue weighted by molar-refractivity contribution is 6.34. The van der Waals surface area contributed by atoms with Crippen LogP contribution in [0.4, 0.5) is 5.82 Å². The molecule has 0 bridgehead atoms. The van der Waals surface area contributed by atoms with Crippen LogP contribution in [-0.2, 0) is 11.3 Å². The normalized spacial score (nSPS) is 16.6. The molecule has 2 aliphatic rings. The first-order valence-corrected chi connectivity index (χ1v) is 13.0. The summed E-state index contributed by atoms with van der Waals surface area (Å²) in [4.78, 5) is 32.1.